The molecular weight excluding hydrogens is 464 g/mol. The quantitative estimate of drug-likeness (QED) is 0.512. The van der Waals surface area contributed by atoms with Crippen molar-refractivity contribution in [1.29, 1.82) is 0 Å². The summed E-state index contributed by atoms with van der Waals surface area (Å²) in [6, 6.07) is 4.61. The minimum atomic E-state index is -0.915. The number of aryl methyl sites for hydroxylation is 2. The van der Waals surface area contributed by atoms with Crippen LogP contribution in [0.1, 0.15) is 30.9 Å². The average Bonchev–Trinajstić information content (AvgIpc) is 3.25. The molecule has 2 fully saturated rings. The first-order valence-electron chi connectivity index (χ1n) is 12.3. The molecule has 0 saturated carbocycles. The highest BCUT2D eigenvalue weighted by Crippen LogP contribution is 2.61. The highest BCUT2D eigenvalue weighted by molar-refractivity contribution is 8.02. The zero-order chi connectivity index (χ0) is 24.9. The van der Waals surface area contributed by atoms with Crippen molar-refractivity contribution in [1.82, 2.24) is 4.90 Å². The van der Waals surface area contributed by atoms with Gasteiger partial charge in [0.2, 0.25) is 5.91 Å². The Morgan fingerprint density at radius 3 is 2.77 bits per heavy atom. The van der Waals surface area contributed by atoms with E-state index in [4.69, 9.17) is 4.74 Å². The van der Waals surface area contributed by atoms with Crippen LogP contribution in [0.2, 0.25) is 0 Å². The lowest BCUT2D eigenvalue weighted by Gasteiger charge is -2.37. The first kappa shape index (κ1) is 24.1. The second-order valence-corrected chi connectivity index (χ2v) is 11.5. The SMILES string of the molecule is Cc1ccc(C)c(N2CC=C[C@]34S[C@H]5/C=C\CCCOC(=O)[C@H]5[C@H]3C(=O)N([C@H](C)CO)C4C2=O)c1. The molecule has 4 aliphatic heterocycles. The van der Waals surface area contributed by atoms with Gasteiger partial charge in [-0.3, -0.25) is 14.4 Å². The molecule has 1 unspecified atom stereocenters. The monoisotopic (exact) mass is 496 g/mol. The van der Waals surface area contributed by atoms with E-state index in [9.17, 15) is 19.5 Å². The fourth-order valence-corrected chi connectivity index (χ4v) is 7.97. The first-order valence-corrected chi connectivity index (χ1v) is 13.2. The van der Waals surface area contributed by atoms with Crippen LogP contribution in [-0.2, 0) is 19.1 Å². The second kappa shape index (κ2) is 9.13. The number of anilines is 1. The van der Waals surface area contributed by atoms with E-state index in [1.807, 2.05) is 50.3 Å². The summed E-state index contributed by atoms with van der Waals surface area (Å²) in [5, 5.41) is 9.79. The Morgan fingerprint density at radius 1 is 1.20 bits per heavy atom. The third-order valence-corrected chi connectivity index (χ3v) is 9.43. The summed E-state index contributed by atoms with van der Waals surface area (Å²) < 4.78 is 4.66. The average molecular weight is 497 g/mol. The standard InChI is InChI=1S/C27H32N2O5S/c1-16-9-10-17(2)19(14-16)28-12-7-11-27-22(24(31)29(18(3)15-30)23(27)25(28)32)21-20(35-27)8-5-4-6-13-34-26(21)33/h5,7-11,14,18,20-23,30H,4,6,12-13,15H2,1-3H3/b8-5-/t18-,20+,21-,22+,23?,27+/m1/s1. The molecule has 1 aromatic rings. The van der Waals surface area contributed by atoms with Crippen LogP contribution in [0.5, 0.6) is 0 Å². The molecular formula is C27H32N2O5S. The van der Waals surface area contributed by atoms with E-state index < -0.39 is 28.7 Å². The van der Waals surface area contributed by atoms with Crippen LogP contribution in [0.25, 0.3) is 0 Å². The first-order chi connectivity index (χ1) is 16.8. The molecule has 6 atom stereocenters. The molecule has 0 radical (unpaired) electrons. The molecule has 186 valence electrons. The highest BCUT2D eigenvalue weighted by atomic mass is 32.2. The number of hydrogen-bond donors (Lipinski definition) is 1. The van der Waals surface area contributed by atoms with Crippen molar-refractivity contribution in [3.8, 4) is 0 Å². The minimum Gasteiger partial charge on any atom is -0.465 e. The van der Waals surface area contributed by atoms with Crippen molar-refractivity contribution in [3.05, 3.63) is 53.6 Å². The molecule has 1 spiro atoms. The number of thioether (sulfide) groups is 1. The lowest BCUT2D eigenvalue weighted by molar-refractivity contribution is -0.153. The molecule has 8 heteroatoms. The number of likely N-dealkylation sites (tertiary alicyclic amines) is 1. The van der Waals surface area contributed by atoms with E-state index in [0.29, 0.717) is 13.2 Å². The maximum atomic E-state index is 14.3. The fourth-order valence-electron chi connectivity index (χ4n) is 5.98. The summed E-state index contributed by atoms with van der Waals surface area (Å²) in [6.45, 7) is 6.13. The predicted octanol–water partition coefficient (Wildman–Crippen LogP) is 2.78. The Bertz CT molecular complexity index is 1120. The number of fused-ring (bicyclic) bond motifs is 2. The normalized spacial score (nSPS) is 34.2. The van der Waals surface area contributed by atoms with Gasteiger partial charge in [-0.15, -0.1) is 11.8 Å². The maximum Gasteiger partial charge on any atom is 0.311 e. The van der Waals surface area contributed by atoms with E-state index >= 15 is 0 Å². The van der Waals surface area contributed by atoms with Gasteiger partial charge in [0.25, 0.3) is 5.91 Å². The molecule has 0 aromatic heterocycles. The van der Waals surface area contributed by atoms with Crippen molar-refractivity contribution in [2.45, 2.75) is 55.7 Å². The number of allylic oxidation sites excluding steroid dienone is 1. The Labute approximate surface area is 210 Å². The summed E-state index contributed by atoms with van der Waals surface area (Å²) >= 11 is 1.52. The molecule has 7 nitrogen and oxygen atoms in total. The summed E-state index contributed by atoms with van der Waals surface area (Å²) in [4.78, 5) is 44.9. The van der Waals surface area contributed by atoms with Gasteiger partial charge in [-0.05, 0) is 50.8 Å². The zero-order valence-corrected chi connectivity index (χ0v) is 21.2. The van der Waals surface area contributed by atoms with Crippen molar-refractivity contribution in [3.63, 3.8) is 0 Å². The zero-order valence-electron chi connectivity index (χ0n) is 20.3. The van der Waals surface area contributed by atoms with Gasteiger partial charge in [0.15, 0.2) is 0 Å². The van der Waals surface area contributed by atoms with Gasteiger partial charge >= 0.3 is 5.97 Å². The van der Waals surface area contributed by atoms with Crippen LogP contribution >= 0.6 is 11.8 Å². The number of rotatable bonds is 3. The third kappa shape index (κ3) is 3.73. The smallest absolute Gasteiger partial charge is 0.311 e. The van der Waals surface area contributed by atoms with Crippen molar-refractivity contribution in [2.75, 3.05) is 24.7 Å². The molecule has 2 saturated heterocycles. The van der Waals surface area contributed by atoms with Gasteiger partial charge < -0.3 is 19.6 Å². The number of benzene rings is 1. The van der Waals surface area contributed by atoms with E-state index in [1.54, 1.807) is 11.8 Å². The molecule has 1 N–H and O–H groups in total. The molecule has 0 aliphatic carbocycles. The van der Waals surface area contributed by atoms with Crippen LogP contribution in [-0.4, -0.2) is 69.6 Å². The van der Waals surface area contributed by atoms with Gasteiger partial charge in [0.1, 0.15) is 6.04 Å². The second-order valence-electron chi connectivity index (χ2n) is 10.00. The predicted molar refractivity (Wildman–Crippen MR) is 135 cm³/mol. The number of carbonyl (C=O) groups excluding carboxylic acids is 3. The van der Waals surface area contributed by atoms with Crippen LogP contribution in [0.4, 0.5) is 5.69 Å². The van der Waals surface area contributed by atoms with Crippen LogP contribution in [0.15, 0.2) is 42.5 Å². The summed E-state index contributed by atoms with van der Waals surface area (Å²) in [5.74, 6) is -2.23. The Hall–Kier alpha value is -2.58. The number of cyclic esters (lactones) is 1. The lowest BCUT2D eigenvalue weighted by Crippen LogP contribution is -2.56. The Morgan fingerprint density at radius 2 is 2.00 bits per heavy atom. The molecule has 5 rings (SSSR count). The number of carbonyl (C=O) groups is 3. The van der Waals surface area contributed by atoms with Crippen molar-refractivity contribution in [2.24, 2.45) is 11.8 Å². The number of nitrogens with zero attached hydrogens (tertiary/aromatic N) is 2. The summed E-state index contributed by atoms with van der Waals surface area (Å²) in [5.41, 5.74) is 2.83. The fraction of sp³-hybridized carbons (Fsp3) is 0.519. The number of ether oxygens (including phenoxy) is 1. The molecule has 35 heavy (non-hydrogen) atoms. The van der Waals surface area contributed by atoms with Crippen molar-refractivity contribution < 1.29 is 24.2 Å². The van der Waals surface area contributed by atoms with E-state index in [2.05, 4.69) is 6.08 Å². The van der Waals surface area contributed by atoms with Crippen molar-refractivity contribution >= 4 is 35.2 Å². The third-order valence-electron chi connectivity index (χ3n) is 7.68. The minimum absolute atomic E-state index is 0.184. The molecule has 2 amide bonds. The lowest BCUT2D eigenvalue weighted by atomic mass is 9.78. The number of aliphatic hydroxyl groups is 1. The molecule has 0 bridgehead atoms. The summed E-state index contributed by atoms with van der Waals surface area (Å²) in [6.07, 6.45) is 9.57. The van der Waals surface area contributed by atoms with E-state index in [0.717, 1.165) is 29.7 Å². The number of hydrogen-bond acceptors (Lipinski definition) is 6. The Balaban J connectivity index is 1.65. The maximum absolute atomic E-state index is 14.3. The number of esters is 1. The summed E-state index contributed by atoms with van der Waals surface area (Å²) in [7, 11) is 0. The van der Waals surface area contributed by atoms with Gasteiger partial charge in [-0.2, -0.15) is 0 Å². The van der Waals surface area contributed by atoms with Crippen LogP contribution < -0.4 is 4.90 Å². The van der Waals surface area contributed by atoms with Crippen LogP contribution in [0, 0.1) is 25.7 Å². The number of amides is 2. The van der Waals surface area contributed by atoms with Crippen LogP contribution in [0.3, 0.4) is 0 Å². The van der Waals surface area contributed by atoms with E-state index in [1.165, 1.54) is 16.7 Å². The van der Waals surface area contributed by atoms with Gasteiger partial charge in [-0.25, -0.2) is 0 Å². The number of aliphatic hydroxyl groups excluding tert-OH is 1. The van der Waals surface area contributed by atoms with Gasteiger partial charge in [0.05, 0.1) is 35.8 Å². The molecule has 1 aromatic carbocycles. The largest absolute Gasteiger partial charge is 0.465 e. The molecule has 4 heterocycles. The van der Waals surface area contributed by atoms with Gasteiger partial charge in [0, 0.05) is 17.5 Å². The Kier molecular flexibility index (Phi) is 6.30. The van der Waals surface area contributed by atoms with Gasteiger partial charge in [-0.1, -0.05) is 36.4 Å². The highest BCUT2D eigenvalue weighted by Gasteiger charge is 2.71. The topological polar surface area (TPSA) is 87.2 Å². The van der Waals surface area contributed by atoms with E-state index in [-0.39, 0.29) is 29.6 Å². The molecule has 4 aliphatic rings.